The molecule has 1 aliphatic heterocycles. The average Bonchev–Trinajstić information content (AvgIpc) is 3.45. The lowest BCUT2D eigenvalue weighted by Crippen LogP contribution is -2.38. The Morgan fingerprint density at radius 3 is 2.69 bits per heavy atom. The van der Waals surface area contributed by atoms with Gasteiger partial charge >= 0.3 is 0 Å². The monoisotopic (exact) mass is 427 g/mol. The zero-order valence-corrected chi connectivity index (χ0v) is 18.1. The Bertz CT molecular complexity index is 914. The molecule has 0 aliphatic carbocycles. The summed E-state index contributed by atoms with van der Waals surface area (Å²) in [5.41, 5.74) is 1.49. The summed E-state index contributed by atoms with van der Waals surface area (Å²) in [6, 6.07) is 12.0. The predicted octanol–water partition coefficient (Wildman–Crippen LogP) is 4.52. The first-order valence-corrected chi connectivity index (χ1v) is 11.6. The number of rotatable bonds is 7. The number of nitrogens with one attached hydrogen (secondary N) is 1. The largest absolute Gasteiger partial charge is 0.497 e. The number of likely N-dealkylation sites (tertiary alicyclic amines) is 1. The fraction of sp³-hybridized carbons (Fsp3) is 0.364. The first-order chi connectivity index (χ1) is 14.2. The van der Waals surface area contributed by atoms with Crippen LogP contribution in [0.25, 0.3) is 10.6 Å². The summed E-state index contributed by atoms with van der Waals surface area (Å²) in [5.74, 6) is 1.27. The van der Waals surface area contributed by atoms with Gasteiger partial charge in [-0.25, -0.2) is 4.98 Å². The molecule has 0 spiro atoms. The molecule has 0 bridgehead atoms. The van der Waals surface area contributed by atoms with E-state index in [0.717, 1.165) is 55.3 Å². The van der Waals surface area contributed by atoms with Crippen LogP contribution in [0.1, 0.15) is 28.2 Å². The van der Waals surface area contributed by atoms with Crippen LogP contribution in [0.5, 0.6) is 5.75 Å². The number of methoxy groups -OCH3 is 1. The molecule has 0 atom stereocenters. The molecule has 0 radical (unpaired) electrons. The third-order valence-electron chi connectivity index (χ3n) is 5.29. The Morgan fingerprint density at radius 1 is 1.21 bits per heavy atom. The molecule has 1 amide bonds. The van der Waals surface area contributed by atoms with E-state index in [4.69, 9.17) is 4.74 Å². The summed E-state index contributed by atoms with van der Waals surface area (Å²) in [5, 5.41) is 7.89. The van der Waals surface area contributed by atoms with E-state index in [1.165, 1.54) is 16.2 Å². The van der Waals surface area contributed by atoms with Gasteiger partial charge in [-0.15, -0.1) is 22.7 Å². The number of nitrogens with zero attached hydrogens (tertiary/aromatic N) is 2. The van der Waals surface area contributed by atoms with Gasteiger partial charge in [0.15, 0.2) is 0 Å². The first-order valence-electron chi connectivity index (χ1n) is 9.84. The normalized spacial score (nSPS) is 15.3. The SMILES string of the molecule is COc1ccc(-c2nc(C(=O)NCC3CCN(Cc4cccs4)CC3)cs2)cc1. The second-order valence-corrected chi connectivity index (χ2v) is 9.17. The molecule has 1 aromatic carbocycles. The quantitative estimate of drug-likeness (QED) is 0.602. The van der Waals surface area contributed by atoms with Gasteiger partial charge in [-0.1, -0.05) is 6.07 Å². The topological polar surface area (TPSA) is 54.5 Å². The van der Waals surface area contributed by atoms with Crippen molar-refractivity contribution >= 4 is 28.6 Å². The molecule has 0 saturated carbocycles. The Hall–Kier alpha value is -2.22. The van der Waals surface area contributed by atoms with E-state index in [1.807, 2.05) is 41.0 Å². The highest BCUT2D eigenvalue weighted by atomic mass is 32.1. The van der Waals surface area contributed by atoms with Gasteiger partial charge in [-0.2, -0.15) is 0 Å². The van der Waals surface area contributed by atoms with Crippen LogP contribution in [-0.4, -0.2) is 42.5 Å². The molecular weight excluding hydrogens is 402 g/mol. The summed E-state index contributed by atoms with van der Waals surface area (Å²) in [4.78, 5) is 21.0. The van der Waals surface area contributed by atoms with Crippen molar-refractivity contribution in [1.82, 2.24) is 15.2 Å². The van der Waals surface area contributed by atoms with Crippen LogP contribution in [0.4, 0.5) is 0 Å². The summed E-state index contributed by atoms with van der Waals surface area (Å²) < 4.78 is 5.19. The van der Waals surface area contributed by atoms with E-state index in [9.17, 15) is 4.79 Å². The van der Waals surface area contributed by atoms with Gasteiger partial charge in [0.25, 0.3) is 5.91 Å². The summed E-state index contributed by atoms with van der Waals surface area (Å²) >= 11 is 3.31. The maximum Gasteiger partial charge on any atom is 0.270 e. The lowest BCUT2D eigenvalue weighted by atomic mass is 9.96. The van der Waals surface area contributed by atoms with Gasteiger partial charge in [0.1, 0.15) is 16.5 Å². The number of aromatic nitrogens is 1. The number of hydrogen-bond acceptors (Lipinski definition) is 6. The number of piperidine rings is 1. The zero-order chi connectivity index (χ0) is 20.1. The van der Waals surface area contributed by atoms with Crippen molar-refractivity contribution in [2.24, 2.45) is 5.92 Å². The minimum atomic E-state index is -0.0815. The van der Waals surface area contributed by atoms with Gasteiger partial charge in [-0.05, 0) is 67.6 Å². The van der Waals surface area contributed by atoms with Crippen molar-refractivity contribution < 1.29 is 9.53 Å². The molecule has 5 nitrogen and oxygen atoms in total. The van der Waals surface area contributed by atoms with Gasteiger partial charge in [0.2, 0.25) is 0 Å². The minimum Gasteiger partial charge on any atom is -0.497 e. The highest BCUT2D eigenvalue weighted by Crippen LogP contribution is 2.26. The first kappa shape index (κ1) is 20.1. The van der Waals surface area contributed by atoms with Gasteiger partial charge in [0.05, 0.1) is 7.11 Å². The zero-order valence-electron chi connectivity index (χ0n) is 16.5. The van der Waals surface area contributed by atoms with Gasteiger partial charge in [-0.3, -0.25) is 9.69 Å². The maximum absolute atomic E-state index is 12.5. The smallest absolute Gasteiger partial charge is 0.270 e. The van der Waals surface area contributed by atoms with Crippen molar-refractivity contribution in [3.8, 4) is 16.3 Å². The highest BCUT2D eigenvalue weighted by Gasteiger charge is 2.21. The lowest BCUT2D eigenvalue weighted by Gasteiger charge is -2.31. The predicted molar refractivity (Wildman–Crippen MR) is 119 cm³/mol. The molecular formula is C22H25N3O2S2. The molecule has 3 aromatic rings. The lowest BCUT2D eigenvalue weighted by molar-refractivity contribution is 0.0931. The molecule has 152 valence electrons. The van der Waals surface area contributed by atoms with Gasteiger partial charge in [0, 0.05) is 28.9 Å². The fourth-order valence-electron chi connectivity index (χ4n) is 3.54. The maximum atomic E-state index is 12.5. The molecule has 29 heavy (non-hydrogen) atoms. The van der Waals surface area contributed by atoms with E-state index < -0.39 is 0 Å². The fourth-order valence-corrected chi connectivity index (χ4v) is 5.10. The van der Waals surface area contributed by atoms with E-state index in [1.54, 1.807) is 7.11 Å². The average molecular weight is 428 g/mol. The van der Waals surface area contributed by atoms with Crippen molar-refractivity contribution in [2.45, 2.75) is 19.4 Å². The Kier molecular flexibility index (Phi) is 6.59. The summed E-state index contributed by atoms with van der Waals surface area (Å²) in [6.07, 6.45) is 2.25. The second kappa shape index (κ2) is 9.52. The van der Waals surface area contributed by atoms with Crippen LogP contribution in [0.15, 0.2) is 47.2 Å². The third-order valence-corrected chi connectivity index (χ3v) is 7.04. The number of amides is 1. The minimum absolute atomic E-state index is 0.0815. The van der Waals surface area contributed by atoms with E-state index in [0.29, 0.717) is 11.6 Å². The summed E-state index contributed by atoms with van der Waals surface area (Å²) in [6.45, 7) is 3.96. The van der Waals surface area contributed by atoms with E-state index in [2.05, 4.69) is 32.7 Å². The van der Waals surface area contributed by atoms with E-state index in [-0.39, 0.29) is 5.91 Å². The molecule has 3 heterocycles. The Labute approximate surface area is 179 Å². The van der Waals surface area contributed by atoms with Crippen LogP contribution >= 0.6 is 22.7 Å². The molecule has 2 aromatic heterocycles. The molecule has 1 aliphatic rings. The van der Waals surface area contributed by atoms with Crippen molar-refractivity contribution in [3.05, 3.63) is 57.7 Å². The van der Waals surface area contributed by atoms with Crippen molar-refractivity contribution in [2.75, 3.05) is 26.7 Å². The third kappa shape index (κ3) is 5.23. The molecule has 1 fully saturated rings. The number of hydrogen-bond donors (Lipinski definition) is 1. The molecule has 7 heteroatoms. The molecule has 1 saturated heterocycles. The summed E-state index contributed by atoms with van der Waals surface area (Å²) in [7, 11) is 1.65. The van der Waals surface area contributed by atoms with E-state index >= 15 is 0 Å². The van der Waals surface area contributed by atoms with Crippen LogP contribution < -0.4 is 10.1 Å². The number of carbonyl (C=O) groups excluding carboxylic acids is 1. The highest BCUT2D eigenvalue weighted by molar-refractivity contribution is 7.13. The van der Waals surface area contributed by atoms with Crippen LogP contribution in [0.2, 0.25) is 0 Å². The number of carbonyl (C=O) groups is 1. The second-order valence-electron chi connectivity index (χ2n) is 7.28. The van der Waals surface area contributed by atoms with Crippen molar-refractivity contribution in [1.29, 1.82) is 0 Å². The number of thiazole rings is 1. The molecule has 4 rings (SSSR count). The van der Waals surface area contributed by atoms with Crippen LogP contribution in [0.3, 0.4) is 0 Å². The Morgan fingerprint density at radius 2 is 2.00 bits per heavy atom. The van der Waals surface area contributed by atoms with Gasteiger partial charge < -0.3 is 10.1 Å². The standard InChI is InChI=1S/C22H25N3O2S2/c1-27-18-6-4-17(5-7-18)22-24-20(15-29-22)21(26)23-13-16-8-10-25(11-9-16)14-19-3-2-12-28-19/h2-7,12,15-16H,8-11,13-14H2,1H3,(H,23,26). The number of benzene rings is 1. The number of thiophene rings is 1. The molecule has 0 unspecified atom stereocenters. The Balaban J connectivity index is 1.24. The van der Waals surface area contributed by atoms with Crippen LogP contribution in [0, 0.1) is 5.92 Å². The molecule has 1 N–H and O–H groups in total. The van der Waals surface area contributed by atoms with Crippen LogP contribution in [-0.2, 0) is 6.54 Å². The van der Waals surface area contributed by atoms with Crippen molar-refractivity contribution in [3.63, 3.8) is 0 Å². The number of ether oxygens (including phenoxy) is 1.